The van der Waals surface area contributed by atoms with Gasteiger partial charge in [0.1, 0.15) is 11.8 Å². The normalized spacial score (nSPS) is 20.2. The highest BCUT2D eigenvalue weighted by atomic mass is 16.5. The Bertz CT molecular complexity index is 1200. The molecule has 0 spiro atoms. The Balaban J connectivity index is 1.28. The molecule has 0 radical (unpaired) electrons. The summed E-state index contributed by atoms with van der Waals surface area (Å²) in [5.74, 6) is -0.0810. The zero-order valence-corrected chi connectivity index (χ0v) is 17.7. The number of ether oxygens (including phenoxy) is 1. The number of aromatic nitrogens is 1. The first-order chi connectivity index (χ1) is 15.5. The van der Waals surface area contributed by atoms with Crippen LogP contribution in [-0.4, -0.2) is 36.0 Å². The molecule has 8 nitrogen and oxygen atoms in total. The van der Waals surface area contributed by atoms with E-state index in [1.54, 1.807) is 31.4 Å². The van der Waals surface area contributed by atoms with Gasteiger partial charge in [0.2, 0.25) is 5.91 Å². The van der Waals surface area contributed by atoms with Gasteiger partial charge in [0.25, 0.3) is 5.91 Å². The van der Waals surface area contributed by atoms with Crippen LogP contribution in [0.3, 0.4) is 0 Å². The summed E-state index contributed by atoms with van der Waals surface area (Å²) < 4.78 is 5.12. The Labute approximate surface area is 184 Å². The fraction of sp³-hybridized carbons (Fsp3) is 0.292. The third-order valence-electron chi connectivity index (χ3n) is 6.19. The summed E-state index contributed by atoms with van der Waals surface area (Å²) in [6.07, 6.45) is 2.67. The van der Waals surface area contributed by atoms with E-state index in [1.807, 2.05) is 18.2 Å². The maximum absolute atomic E-state index is 12.8. The zero-order valence-electron chi connectivity index (χ0n) is 17.7. The van der Waals surface area contributed by atoms with Crippen LogP contribution in [0.2, 0.25) is 0 Å². The molecule has 1 aromatic heterocycles. The number of H-pyrrole nitrogens is 1. The van der Waals surface area contributed by atoms with Gasteiger partial charge in [-0.3, -0.25) is 9.59 Å². The Morgan fingerprint density at radius 2 is 1.94 bits per heavy atom. The van der Waals surface area contributed by atoms with Crippen molar-refractivity contribution in [3.05, 3.63) is 59.8 Å². The average molecular weight is 432 g/mol. The van der Waals surface area contributed by atoms with Gasteiger partial charge in [-0.25, -0.2) is 9.69 Å². The van der Waals surface area contributed by atoms with Gasteiger partial charge >= 0.3 is 6.03 Å². The largest absolute Gasteiger partial charge is 0.497 e. The molecule has 1 aliphatic carbocycles. The van der Waals surface area contributed by atoms with Crippen molar-refractivity contribution in [3.8, 4) is 5.75 Å². The highest BCUT2D eigenvalue weighted by Gasteiger charge is 2.40. The van der Waals surface area contributed by atoms with E-state index in [0.717, 1.165) is 35.4 Å². The number of aromatic amines is 1. The maximum atomic E-state index is 12.8. The first-order valence-corrected chi connectivity index (χ1v) is 10.7. The van der Waals surface area contributed by atoms with Gasteiger partial charge in [-0.1, -0.05) is 18.2 Å². The minimum Gasteiger partial charge on any atom is -0.497 e. The number of urea groups is 1. The fourth-order valence-electron chi connectivity index (χ4n) is 4.64. The van der Waals surface area contributed by atoms with Gasteiger partial charge in [0.15, 0.2) is 0 Å². The number of carbonyl (C=O) groups excluding carboxylic acids is 3. The first kappa shape index (κ1) is 20.1. The van der Waals surface area contributed by atoms with E-state index in [4.69, 9.17) is 4.74 Å². The Morgan fingerprint density at radius 3 is 2.72 bits per heavy atom. The number of benzene rings is 2. The highest BCUT2D eigenvalue weighted by Crippen LogP contribution is 2.34. The predicted octanol–water partition coefficient (Wildman–Crippen LogP) is 3.19. The molecule has 5 rings (SSSR count). The number of nitrogens with one attached hydrogen (secondary N) is 3. The molecule has 2 aromatic carbocycles. The van der Waals surface area contributed by atoms with Crippen molar-refractivity contribution in [3.63, 3.8) is 0 Å². The number of fused-ring (bicyclic) bond motifs is 3. The summed E-state index contributed by atoms with van der Waals surface area (Å²) >= 11 is 0. The van der Waals surface area contributed by atoms with Gasteiger partial charge in [0.05, 0.1) is 25.3 Å². The number of rotatable bonds is 5. The molecule has 32 heavy (non-hydrogen) atoms. The molecule has 0 saturated carbocycles. The topological polar surface area (TPSA) is 104 Å². The second-order valence-corrected chi connectivity index (χ2v) is 8.15. The lowest BCUT2D eigenvalue weighted by molar-refractivity contribution is -0.126. The lowest BCUT2D eigenvalue weighted by Gasteiger charge is -2.24. The smallest absolute Gasteiger partial charge is 0.329 e. The number of nitrogens with zero attached hydrogens (tertiary/aromatic N) is 1. The molecule has 8 heteroatoms. The van der Waals surface area contributed by atoms with E-state index >= 15 is 0 Å². The van der Waals surface area contributed by atoms with Gasteiger partial charge in [-0.15, -0.1) is 0 Å². The zero-order chi connectivity index (χ0) is 22.2. The molecular formula is C24H24N4O4. The van der Waals surface area contributed by atoms with Gasteiger partial charge in [-0.2, -0.15) is 0 Å². The fourth-order valence-corrected chi connectivity index (χ4v) is 4.64. The van der Waals surface area contributed by atoms with Crippen LogP contribution < -0.4 is 20.3 Å². The molecule has 164 valence electrons. The SMILES string of the molecule is COc1ccc(N2C(=O)N[C@@H](CC(=O)NC3CCCc4c3[nH]c3ccccc43)C2=O)cc1. The van der Waals surface area contributed by atoms with Crippen molar-refractivity contribution in [1.82, 2.24) is 15.6 Å². The maximum Gasteiger partial charge on any atom is 0.329 e. The van der Waals surface area contributed by atoms with E-state index < -0.39 is 18.0 Å². The van der Waals surface area contributed by atoms with Crippen molar-refractivity contribution in [2.24, 2.45) is 0 Å². The second kappa shape index (κ2) is 8.03. The van der Waals surface area contributed by atoms with Crippen LogP contribution in [0.5, 0.6) is 5.75 Å². The second-order valence-electron chi connectivity index (χ2n) is 8.15. The van der Waals surface area contributed by atoms with Crippen molar-refractivity contribution in [2.75, 3.05) is 12.0 Å². The van der Waals surface area contributed by atoms with Crippen LogP contribution in [0.4, 0.5) is 10.5 Å². The molecule has 1 unspecified atom stereocenters. The molecule has 2 aliphatic rings. The number of methoxy groups -OCH3 is 1. The van der Waals surface area contributed by atoms with Crippen molar-refractivity contribution < 1.29 is 19.1 Å². The standard InChI is InChI=1S/C24H24N4O4/c1-32-15-11-9-14(10-12-15)28-23(30)20(27-24(28)31)13-21(29)25-19-8-4-6-17-16-5-2-3-7-18(16)26-22(17)19/h2-3,5,7,9-12,19-20,26H,4,6,8,13H2,1H3,(H,25,29)(H,27,31)/t19?,20-/m0/s1. The molecule has 3 N–H and O–H groups in total. The number of hydrogen-bond donors (Lipinski definition) is 3. The summed E-state index contributed by atoms with van der Waals surface area (Å²) in [5.41, 5.74) is 3.78. The van der Waals surface area contributed by atoms with Crippen molar-refractivity contribution in [1.29, 1.82) is 0 Å². The summed E-state index contributed by atoms with van der Waals surface area (Å²) in [7, 11) is 1.54. The van der Waals surface area contributed by atoms with Crippen molar-refractivity contribution >= 4 is 34.4 Å². The molecule has 1 saturated heterocycles. The van der Waals surface area contributed by atoms with Gasteiger partial charge in [0, 0.05) is 16.6 Å². The molecule has 1 fully saturated rings. The number of para-hydroxylation sites is 1. The lowest BCUT2D eigenvalue weighted by atomic mass is 9.91. The molecular weight excluding hydrogens is 408 g/mol. The van der Waals surface area contributed by atoms with Crippen LogP contribution in [-0.2, 0) is 16.0 Å². The summed E-state index contributed by atoms with van der Waals surface area (Å²) in [6.45, 7) is 0. The first-order valence-electron chi connectivity index (χ1n) is 10.7. The Kier molecular flexibility index (Phi) is 5.05. The molecule has 1 aliphatic heterocycles. The third-order valence-corrected chi connectivity index (χ3v) is 6.19. The van der Waals surface area contributed by atoms with Crippen LogP contribution in [0, 0.1) is 0 Å². The lowest BCUT2D eigenvalue weighted by Crippen LogP contribution is -2.38. The van der Waals surface area contributed by atoms with Gasteiger partial charge in [-0.05, 0) is 55.2 Å². The number of aryl methyl sites for hydroxylation is 1. The van der Waals surface area contributed by atoms with Crippen LogP contribution in [0.25, 0.3) is 10.9 Å². The van der Waals surface area contributed by atoms with E-state index in [-0.39, 0.29) is 18.4 Å². The predicted molar refractivity (Wildman–Crippen MR) is 120 cm³/mol. The summed E-state index contributed by atoms with van der Waals surface area (Å²) in [4.78, 5) is 42.6. The van der Waals surface area contributed by atoms with Crippen LogP contribution >= 0.6 is 0 Å². The van der Waals surface area contributed by atoms with Crippen LogP contribution in [0.1, 0.15) is 36.6 Å². The van der Waals surface area contributed by atoms with Gasteiger partial charge < -0.3 is 20.4 Å². The van der Waals surface area contributed by atoms with E-state index in [0.29, 0.717) is 11.4 Å². The summed E-state index contributed by atoms with van der Waals surface area (Å²) in [5, 5.41) is 6.88. The van der Waals surface area contributed by atoms with Crippen LogP contribution in [0.15, 0.2) is 48.5 Å². The number of imide groups is 1. The molecule has 3 aromatic rings. The highest BCUT2D eigenvalue weighted by molar-refractivity contribution is 6.22. The Morgan fingerprint density at radius 1 is 1.16 bits per heavy atom. The van der Waals surface area contributed by atoms with E-state index in [2.05, 4.69) is 21.7 Å². The van der Waals surface area contributed by atoms with E-state index in [9.17, 15) is 14.4 Å². The quantitative estimate of drug-likeness (QED) is 0.539. The van der Waals surface area contributed by atoms with Crippen molar-refractivity contribution in [2.45, 2.75) is 37.8 Å². The molecule has 2 atom stereocenters. The third kappa shape index (κ3) is 3.47. The monoisotopic (exact) mass is 432 g/mol. The number of carbonyl (C=O) groups is 3. The minimum absolute atomic E-state index is 0.108. The molecule has 2 heterocycles. The average Bonchev–Trinajstić information content (AvgIpc) is 3.31. The number of hydrogen-bond acceptors (Lipinski definition) is 4. The summed E-state index contributed by atoms with van der Waals surface area (Å²) in [6, 6.07) is 13.2. The van der Waals surface area contributed by atoms with E-state index in [1.165, 1.54) is 10.9 Å². The minimum atomic E-state index is -0.893. The molecule has 0 bridgehead atoms. The molecule has 4 amide bonds. The number of anilines is 1. The Hall–Kier alpha value is -3.81. The number of amides is 4.